The van der Waals surface area contributed by atoms with Crippen LogP contribution >= 0.6 is 0 Å². The summed E-state index contributed by atoms with van der Waals surface area (Å²) in [5, 5.41) is 2.80. The maximum absolute atomic E-state index is 13.0. The number of amides is 2. The molecule has 0 aromatic heterocycles. The van der Waals surface area contributed by atoms with Crippen LogP contribution in [0.15, 0.2) is 30.5 Å². The second-order valence-electron chi connectivity index (χ2n) is 10.7. The van der Waals surface area contributed by atoms with E-state index in [0.29, 0.717) is 36.4 Å². The van der Waals surface area contributed by atoms with Crippen LogP contribution in [-0.2, 0) is 16.1 Å². The van der Waals surface area contributed by atoms with E-state index in [-0.39, 0.29) is 17.9 Å². The minimum absolute atomic E-state index is 0.0647. The van der Waals surface area contributed by atoms with Gasteiger partial charge in [0, 0.05) is 42.4 Å². The molecule has 0 radical (unpaired) electrons. The number of allylic oxidation sites excluding steroid dienone is 1. The molecule has 4 aliphatic heterocycles. The van der Waals surface area contributed by atoms with Crippen LogP contribution in [-0.4, -0.2) is 66.1 Å². The van der Waals surface area contributed by atoms with Crippen LogP contribution in [0.2, 0.25) is 0 Å². The molecule has 3 atom stereocenters. The fourth-order valence-corrected chi connectivity index (χ4v) is 6.31. The number of ether oxygens (including phenoxy) is 2. The van der Waals surface area contributed by atoms with Crippen LogP contribution in [0.5, 0.6) is 5.75 Å². The van der Waals surface area contributed by atoms with Crippen molar-refractivity contribution in [3.8, 4) is 5.75 Å². The van der Waals surface area contributed by atoms with E-state index in [1.807, 2.05) is 18.2 Å². The third-order valence-electron chi connectivity index (χ3n) is 8.17. The SMILES string of the molecule is C=C1CCC(N2Cc3cc(OC4CCCCCC4N4CC5(COC5)C4)ccc3C2=O)C(=O)N1. The lowest BCUT2D eigenvalue weighted by Gasteiger charge is -2.58. The van der Waals surface area contributed by atoms with Gasteiger partial charge in [0.05, 0.1) is 13.2 Å². The molecule has 4 fully saturated rings. The fourth-order valence-electron chi connectivity index (χ4n) is 6.31. The number of piperidine rings is 1. The molecule has 3 saturated heterocycles. The summed E-state index contributed by atoms with van der Waals surface area (Å²) in [6, 6.07) is 5.85. The lowest BCUT2D eigenvalue weighted by molar-refractivity contribution is -0.205. The van der Waals surface area contributed by atoms with Gasteiger partial charge in [0.15, 0.2) is 0 Å². The van der Waals surface area contributed by atoms with Gasteiger partial charge in [0.25, 0.3) is 5.91 Å². The van der Waals surface area contributed by atoms with Gasteiger partial charge in [0.2, 0.25) is 5.91 Å². The Morgan fingerprint density at radius 1 is 1.09 bits per heavy atom. The van der Waals surface area contributed by atoms with Crippen molar-refractivity contribution in [2.45, 2.75) is 69.7 Å². The first-order valence-electron chi connectivity index (χ1n) is 12.4. The topological polar surface area (TPSA) is 71.1 Å². The first-order valence-corrected chi connectivity index (χ1v) is 12.4. The van der Waals surface area contributed by atoms with Gasteiger partial charge in [0.1, 0.15) is 17.9 Å². The van der Waals surface area contributed by atoms with E-state index in [9.17, 15) is 9.59 Å². The minimum Gasteiger partial charge on any atom is -0.489 e. The van der Waals surface area contributed by atoms with Crippen LogP contribution in [0.25, 0.3) is 0 Å². The summed E-state index contributed by atoms with van der Waals surface area (Å²) in [5.74, 6) is 0.642. The first-order chi connectivity index (χ1) is 16.0. The van der Waals surface area contributed by atoms with E-state index in [0.717, 1.165) is 49.7 Å². The Kier molecular flexibility index (Phi) is 5.22. The van der Waals surface area contributed by atoms with E-state index in [1.165, 1.54) is 25.7 Å². The molecule has 2 amide bonds. The third-order valence-corrected chi connectivity index (χ3v) is 8.17. The summed E-state index contributed by atoms with van der Waals surface area (Å²) in [5.41, 5.74) is 2.78. The Labute approximate surface area is 195 Å². The normalized spacial score (nSPS) is 31.5. The van der Waals surface area contributed by atoms with E-state index >= 15 is 0 Å². The average Bonchev–Trinajstić information content (AvgIpc) is 2.89. The molecule has 33 heavy (non-hydrogen) atoms. The summed E-state index contributed by atoms with van der Waals surface area (Å²) in [7, 11) is 0. The van der Waals surface area contributed by atoms with Crippen molar-refractivity contribution in [1.82, 2.24) is 15.1 Å². The van der Waals surface area contributed by atoms with Gasteiger partial charge >= 0.3 is 0 Å². The highest BCUT2D eigenvalue weighted by atomic mass is 16.5. The summed E-state index contributed by atoms with van der Waals surface area (Å²) >= 11 is 0. The van der Waals surface area contributed by atoms with Crippen molar-refractivity contribution in [2.24, 2.45) is 5.41 Å². The maximum atomic E-state index is 13.0. The Bertz CT molecular complexity index is 980. The molecule has 7 nitrogen and oxygen atoms in total. The molecule has 1 spiro atoms. The van der Waals surface area contributed by atoms with Gasteiger partial charge in [-0.3, -0.25) is 14.5 Å². The Balaban J connectivity index is 1.16. The molecule has 0 bridgehead atoms. The predicted molar refractivity (Wildman–Crippen MR) is 123 cm³/mol. The first kappa shape index (κ1) is 21.2. The van der Waals surface area contributed by atoms with Gasteiger partial charge in [-0.25, -0.2) is 0 Å². The van der Waals surface area contributed by atoms with E-state index in [4.69, 9.17) is 9.47 Å². The second kappa shape index (κ2) is 8.13. The molecule has 4 heterocycles. The predicted octanol–water partition coefficient (Wildman–Crippen LogP) is 2.85. The zero-order valence-corrected chi connectivity index (χ0v) is 19.2. The third kappa shape index (κ3) is 3.75. The molecule has 1 aromatic rings. The van der Waals surface area contributed by atoms with Crippen molar-refractivity contribution in [1.29, 1.82) is 0 Å². The molecular weight excluding hydrogens is 418 g/mol. The fraction of sp³-hybridized carbons (Fsp3) is 0.615. The summed E-state index contributed by atoms with van der Waals surface area (Å²) < 4.78 is 12.1. The van der Waals surface area contributed by atoms with E-state index in [1.54, 1.807) is 4.90 Å². The van der Waals surface area contributed by atoms with Crippen LogP contribution in [0.1, 0.15) is 60.9 Å². The maximum Gasteiger partial charge on any atom is 0.255 e. The van der Waals surface area contributed by atoms with Crippen molar-refractivity contribution < 1.29 is 19.1 Å². The molecule has 3 unspecified atom stereocenters. The number of carbonyl (C=O) groups is 2. The monoisotopic (exact) mass is 451 g/mol. The highest BCUT2D eigenvalue weighted by molar-refractivity contribution is 6.01. The highest BCUT2D eigenvalue weighted by Gasteiger charge is 2.52. The molecule has 6 rings (SSSR count). The minimum atomic E-state index is -0.430. The average molecular weight is 452 g/mol. The van der Waals surface area contributed by atoms with Crippen molar-refractivity contribution in [3.05, 3.63) is 41.6 Å². The van der Waals surface area contributed by atoms with Crippen molar-refractivity contribution in [3.63, 3.8) is 0 Å². The zero-order valence-electron chi connectivity index (χ0n) is 19.2. The molecule has 5 aliphatic rings. The zero-order chi connectivity index (χ0) is 22.6. The van der Waals surface area contributed by atoms with Crippen LogP contribution in [0.3, 0.4) is 0 Å². The number of carbonyl (C=O) groups excluding carboxylic acids is 2. The molecule has 1 aromatic carbocycles. The van der Waals surface area contributed by atoms with Crippen molar-refractivity contribution >= 4 is 11.8 Å². The summed E-state index contributed by atoms with van der Waals surface area (Å²) in [6.45, 7) is 8.36. The number of hydrogen-bond acceptors (Lipinski definition) is 5. The molecule has 1 saturated carbocycles. The molecule has 7 heteroatoms. The lowest BCUT2D eigenvalue weighted by atomic mass is 9.76. The number of benzene rings is 1. The van der Waals surface area contributed by atoms with Crippen LogP contribution in [0, 0.1) is 5.41 Å². The molecular formula is C26H33N3O4. The van der Waals surface area contributed by atoms with Crippen molar-refractivity contribution in [2.75, 3.05) is 26.3 Å². The molecule has 1 aliphatic carbocycles. The highest BCUT2D eigenvalue weighted by Crippen LogP contribution is 2.41. The number of fused-ring (bicyclic) bond motifs is 1. The van der Waals surface area contributed by atoms with E-state index in [2.05, 4.69) is 16.8 Å². The Morgan fingerprint density at radius 2 is 1.91 bits per heavy atom. The molecule has 176 valence electrons. The number of rotatable bonds is 4. The van der Waals surface area contributed by atoms with Gasteiger partial charge in [-0.15, -0.1) is 0 Å². The number of likely N-dealkylation sites (tertiary alicyclic amines) is 1. The Morgan fingerprint density at radius 3 is 2.67 bits per heavy atom. The smallest absolute Gasteiger partial charge is 0.255 e. The lowest BCUT2D eigenvalue weighted by Crippen LogP contribution is -2.69. The standard InChI is InChI=1S/C26H33N3O4/c1-17-7-10-22(24(30)27-17)29-12-18-11-19(8-9-20(18)25(29)31)33-23-6-4-2-3-5-21(23)28-13-26(14-28)15-32-16-26/h8-9,11,21-23H,1-7,10,12-16H2,(H,27,30). The summed E-state index contributed by atoms with van der Waals surface area (Å²) in [6.07, 6.45) is 7.48. The largest absolute Gasteiger partial charge is 0.489 e. The van der Waals surface area contributed by atoms with Gasteiger partial charge in [-0.1, -0.05) is 19.4 Å². The quantitative estimate of drug-likeness (QED) is 0.713. The number of hydrogen-bond donors (Lipinski definition) is 1. The number of nitrogens with one attached hydrogen (secondary N) is 1. The van der Waals surface area contributed by atoms with Gasteiger partial charge in [-0.2, -0.15) is 0 Å². The van der Waals surface area contributed by atoms with Crippen LogP contribution < -0.4 is 10.1 Å². The molecule has 1 N–H and O–H groups in total. The second-order valence-corrected chi connectivity index (χ2v) is 10.7. The van der Waals surface area contributed by atoms with Crippen LogP contribution in [0.4, 0.5) is 0 Å². The number of nitrogens with zero attached hydrogens (tertiary/aromatic N) is 2. The van der Waals surface area contributed by atoms with E-state index < -0.39 is 6.04 Å². The van der Waals surface area contributed by atoms with Gasteiger partial charge < -0.3 is 19.7 Å². The summed E-state index contributed by atoms with van der Waals surface area (Å²) in [4.78, 5) is 29.8. The van der Waals surface area contributed by atoms with Gasteiger partial charge in [-0.05, 0) is 55.9 Å². The Hall–Kier alpha value is -2.38.